The van der Waals surface area contributed by atoms with Gasteiger partial charge in [-0.15, -0.1) is 0 Å². The molecular formula is C15H22N4O4. The van der Waals surface area contributed by atoms with Crippen LogP contribution in [0.4, 0.5) is 0 Å². The number of hydrogen-bond donors (Lipinski definition) is 1. The first-order valence-electron chi connectivity index (χ1n) is 7.83. The van der Waals surface area contributed by atoms with Crippen LogP contribution in [0.3, 0.4) is 0 Å². The van der Waals surface area contributed by atoms with Crippen molar-refractivity contribution in [2.45, 2.75) is 6.54 Å². The number of morpholine rings is 1. The molecule has 1 aliphatic heterocycles. The average molecular weight is 322 g/mol. The van der Waals surface area contributed by atoms with Crippen LogP contribution in [0.5, 0.6) is 0 Å². The normalized spacial score (nSPS) is 16.3. The van der Waals surface area contributed by atoms with Crippen molar-refractivity contribution in [1.82, 2.24) is 19.9 Å². The quantitative estimate of drug-likeness (QED) is 0.750. The molecule has 1 N–H and O–H groups in total. The highest BCUT2D eigenvalue weighted by Crippen LogP contribution is 2.17. The first-order valence-corrected chi connectivity index (χ1v) is 7.83. The largest absolute Gasteiger partial charge is 0.472 e. The number of rotatable bonds is 8. The molecule has 0 aliphatic carbocycles. The molecule has 0 saturated carbocycles. The van der Waals surface area contributed by atoms with E-state index in [1.807, 2.05) is 0 Å². The molecule has 8 heteroatoms. The zero-order valence-electron chi connectivity index (χ0n) is 13.1. The molecule has 1 saturated heterocycles. The minimum Gasteiger partial charge on any atom is -0.472 e. The van der Waals surface area contributed by atoms with Crippen LogP contribution in [0.2, 0.25) is 0 Å². The molecule has 0 amide bonds. The topological polar surface area (TPSA) is 88.0 Å². The highest BCUT2D eigenvalue weighted by molar-refractivity contribution is 5.49. The van der Waals surface area contributed by atoms with Gasteiger partial charge >= 0.3 is 0 Å². The Morgan fingerprint density at radius 3 is 2.87 bits per heavy atom. The van der Waals surface area contributed by atoms with Gasteiger partial charge in [0.25, 0.3) is 5.89 Å². The third kappa shape index (κ3) is 4.61. The van der Waals surface area contributed by atoms with Gasteiger partial charge in [-0.2, -0.15) is 4.98 Å². The summed E-state index contributed by atoms with van der Waals surface area (Å²) in [6.45, 7) is 6.52. The molecule has 2 aromatic rings. The van der Waals surface area contributed by atoms with E-state index in [9.17, 15) is 5.11 Å². The highest BCUT2D eigenvalue weighted by Gasteiger charge is 2.16. The zero-order chi connectivity index (χ0) is 15.9. The Morgan fingerprint density at radius 2 is 2.13 bits per heavy atom. The van der Waals surface area contributed by atoms with E-state index in [0.29, 0.717) is 24.8 Å². The molecular weight excluding hydrogens is 300 g/mol. The van der Waals surface area contributed by atoms with Gasteiger partial charge < -0.3 is 18.8 Å². The van der Waals surface area contributed by atoms with E-state index < -0.39 is 0 Å². The van der Waals surface area contributed by atoms with E-state index in [-0.39, 0.29) is 6.61 Å². The Balaban J connectivity index is 1.54. The fraction of sp³-hybridized carbons (Fsp3) is 0.600. The van der Waals surface area contributed by atoms with Gasteiger partial charge in [0.2, 0.25) is 0 Å². The lowest BCUT2D eigenvalue weighted by Gasteiger charge is -2.29. The van der Waals surface area contributed by atoms with Crippen LogP contribution in [-0.4, -0.2) is 77.6 Å². The maximum absolute atomic E-state index is 9.26. The molecule has 3 heterocycles. The lowest BCUT2D eigenvalue weighted by molar-refractivity contribution is 0.0318. The summed E-state index contributed by atoms with van der Waals surface area (Å²) < 4.78 is 15.6. The summed E-state index contributed by atoms with van der Waals surface area (Å²) in [6, 6.07) is 1.78. The summed E-state index contributed by atoms with van der Waals surface area (Å²) in [5.74, 6) is 1.06. The number of ether oxygens (including phenoxy) is 1. The molecule has 23 heavy (non-hydrogen) atoms. The monoisotopic (exact) mass is 322 g/mol. The van der Waals surface area contributed by atoms with E-state index in [2.05, 4.69) is 19.9 Å². The number of aliphatic hydroxyl groups is 1. The fourth-order valence-electron chi connectivity index (χ4n) is 2.54. The standard InChI is InChI=1S/C15H22N4O4/c20-7-4-19(3-2-18-5-9-21-10-6-18)11-14-16-15(23-17-14)13-1-8-22-12-13/h1,8,12,20H,2-7,9-11H2. The second-order valence-corrected chi connectivity index (χ2v) is 5.48. The molecule has 126 valence electrons. The molecule has 0 aromatic carbocycles. The summed E-state index contributed by atoms with van der Waals surface area (Å²) in [5, 5.41) is 13.3. The second kappa shape index (κ2) is 8.21. The van der Waals surface area contributed by atoms with Crippen molar-refractivity contribution in [3.63, 3.8) is 0 Å². The van der Waals surface area contributed by atoms with Crippen LogP contribution < -0.4 is 0 Å². The van der Waals surface area contributed by atoms with E-state index in [1.54, 1.807) is 18.6 Å². The van der Waals surface area contributed by atoms with E-state index in [1.165, 1.54) is 0 Å². The number of nitrogens with zero attached hydrogens (tertiary/aromatic N) is 4. The molecule has 3 rings (SSSR count). The number of furan rings is 1. The molecule has 0 bridgehead atoms. The Hall–Kier alpha value is -1.74. The van der Waals surface area contributed by atoms with Crippen molar-refractivity contribution in [2.75, 3.05) is 52.5 Å². The molecule has 0 atom stereocenters. The summed E-state index contributed by atoms with van der Waals surface area (Å²) >= 11 is 0. The fourth-order valence-corrected chi connectivity index (χ4v) is 2.54. The van der Waals surface area contributed by atoms with Gasteiger partial charge in [0.05, 0.1) is 38.2 Å². The van der Waals surface area contributed by atoms with Gasteiger partial charge in [-0.25, -0.2) is 0 Å². The SMILES string of the molecule is OCCN(CCN1CCOCC1)Cc1noc(-c2ccoc2)n1. The van der Waals surface area contributed by atoms with E-state index in [4.69, 9.17) is 13.7 Å². The Morgan fingerprint density at radius 1 is 1.26 bits per heavy atom. The number of aliphatic hydroxyl groups excluding tert-OH is 1. The highest BCUT2D eigenvalue weighted by atomic mass is 16.5. The molecule has 0 radical (unpaired) electrons. The summed E-state index contributed by atoms with van der Waals surface area (Å²) in [5.41, 5.74) is 0.769. The summed E-state index contributed by atoms with van der Waals surface area (Å²) in [6.07, 6.45) is 3.14. The molecule has 1 fully saturated rings. The maximum Gasteiger partial charge on any atom is 0.261 e. The third-order valence-electron chi connectivity index (χ3n) is 3.85. The van der Waals surface area contributed by atoms with Gasteiger partial charge in [0.1, 0.15) is 6.26 Å². The molecule has 1 aliphatic rings. The van der Waals surface area contributed by atoms with Crippen LogP contribution in [0.15, 0.2) is 27.5 Å². The zero-order valence-corrected chi connectivity index (χ0v) is 13.1. The van der Waals surface area contributed by atoms with Gasteiger partial charge in [0, 0.05) is 32.7 Å². The molecule has 8 nitrogen and oxygen atoms in total. The lowest BCUT2D eigenvalue weighted by atomic mass is 10.3. The van der Waals surface area contributed by atoms with Crippen LogP contribution in [-0.2, 0) is 11.3 Å². The minimum absolute atomic E-state index is 0.107. The average Bonchev–Trinajstić information content (AvgIpc) is 3.25. The number of hydrogen-bond acceptors (Lipinski definition) is 8. The van der Waals surface area contributed by atoms with Gasteiger partial charge in [-0.05, 0) is 6.07 Å². The van der Waals surface area contributed by atoms with Crippen LogP contribution in [0.25, 0.3) is 11.5 Å². The third-order valence-corrected chi connectivity index (χ3v) is 3.85. The van der Waals surface area contributed by atoms with Crippen molar-refractivity contribution in [1.29, 1.82) is 0 Å². The van der Waals surface area contributed by atoms with Crippen molar-refractivity contribution in [3.05, 3.63) is 24.4 Å². The Kier molecular flexibility index (Phi) is 5.76. The van der Waals surface area contributed by atoms with E-state index >= 15 is 0 Å². The minimum atomic E-state index is 0.107. The maximum atomic E-state index is 9.26. The van der Waals surface area contributed by atoms with Crippen LogP contribution in [0.1, 0.15) is 5.82 Å². The van der Waals surface area contributed by atoms with Gasteiger partial charge in [-0.1, -0.05) is 5.16 Å². The molecule has 2 aromatic heterocycles. The predicted octanol–water partition coefficient (Wildman–Crippen LogP) is 0.456. The van der Waals surface area contributed by atoms with Crippen molar-refractivity contribution in [2.24, 2.45) is 0 Å². The molecule has 0 spiro atoms. The number of aromatic nitrogens is 2. The Labute approximate surface area is 134 Å². The lowest BCUT2D eigenvalue weighted by Crippen LogP contribution is -2.42. The van der Waals surface area contributed by atoms with Crippen LogP contribution in [0, 0.1) is 0 Å². The Bertz CT molecular complexity index is 566. The van der Waals surface area contributed by atoms with Crippen molar-refractivity contribution in [3.8, 4) is 11.5 Å². The van der Waals surface area contributed by atoms with Crippen molar-refractivity contribution < 1.29 is 18.8 Å². The first-order chi connectivity index (χ1) is 11.3. The van der Waals surface area contributed by atoms with E-state index in [0.717, 1.165) is 45.0 Å². The molecule has 0 unspecified atom stereocenters. The second-order valence-electron chi connectivity index (χ2n) is 5.48. The predicted molar refractivity (Wildman–Crippen MR) is 81.6 cm³/mol. The first kappa shape index (κ1) is 16.1. The van der Waals surface area contributed by atoms with Crippen molar-refractivity contribution >= 4 is 0 Å². The van der Waals surface area contributed by atoms with Crippen LogP contribution >= 0.6 is 0 Å². The summed E-state index contributed by atoms with van der Waals surface area (Å²) in [4.78, 5) is 8.86. The smallest absolute Gasteiger partial charge is 0.261 e. The van der Waals surface area contributed by atoms with Gasteiger partial charge in [0.15, 0.2) is 5.82 Å². The van der Waals surface area contributed by atoms with Gasteiger partial charge in [-0.3, -0.25) is 9.80 Å². The summed E-state index contributed by atoms with van der Waals surface area (Å²) in [7, 11) is 0.